The lowest BCUT2D eigenvalue weighted by Crippen LogP contribution is -2.35. The fraction of sp³-hybridized carbons (Fsp3) is 0.200. The summed E-state index contributed by atoms with van der Waals surface area (Å²) in [5.74, 6) is -1.14. The van der Waals surface area contributed by atoms with Crippen LogP contribution in [-0.2, 0) is 24.8 Å². The van der Waals surface area contributed by atoms with Crippen LogP contribution in [0.15, 0.2) is 35.4 Å². The van der Waals surface area contributed by atoms with Gasteiger partial charge in [-0.2, -0.15) is 0 Å². The number of esters is 1. The number of hydrogen-bond acceptors (Lipinski definition) is 9. The molecule has 1 aromatic heterocycles. The molecule has 156 valence electrons. The van der Waals surface area contributed by atoms with Gasteiger partial charge in [-0.25, -0.2) is 41.1 Å². The van der Waals surface area contributed by atoms with Gasteiger partial charge in [-0.15, -0.1) is 0 Å². The van der Waals surface area contributed by atoms with E-state index in [0.717, 1.165) is 25.5 Å². The highest BCUT2D eigenvalue weighted by Gasteiger charge is 2.26. The lowest BCUT2D eigenvalue weighted by Gasteiger charge is -2.13. The van der Waals surface area contributed by atoms with Crippen LogP contribution in [0.4, 0.5) is 16.4 Å². The molecule has 0 saturated carbocycles. The number of carbonyl (C=O) groups is 2. The van der Waals surface area contributed by atoms with Crippen molar-refractivity contribution in [2.75, 3.05) is 23.4 Å². The van der Waals surface area contributed by atoms with Crippen LogP contribution >= 0.6 is 0 Å². The number of sulfonamides is 2. The van der Waals surface area contributed by atoms with E-state index in [1.807, 2.05) is 0 Å². The normalized spacial score (nSPS) is 11.4. The maximum atomic E-state index is 12.7. The van der Waals surface area contributed by atoms with Crippen LogP contribution in [0.2, 0.25) is 0 Å². The number of methoxy groups -OCH3 is 1. The number of urea groups is 1. The molecule has 0 aliphatic carbocycles. The summed E-state index contributed by atoms with van der Waals surface area (Å²) in [4.78, 5) is 31.0. The van der Waals surface area contributed by atoms with Gasteiger partial charge in [0.2, 0.25) is 16.0 Å². The van der Waals surface area contributed by atoms with Gasteiger partial charge in [-0.3, -0.25) is 10.0 Å². The molecule has 3 N–H and O–H groups in total. The Morgan fingerprint density at radius 2 is 1.79 bits per heavy atom. The van der Waals surface area contributed by atoms with Crippen LogP contribution in [0, 0.1) is 6.92 Å². The molecule has 0 aliphatic heterocycles. The highest BCUT2D eigenvalue weighted by Crippen LogP contribution is 2.22. The molecule has 0 atom stereocenters. The fourth-order valence-corrected chi connectivity index (χ4v) is 3.80. The second-order valence-corrected chi connectivity index (χ2v) is 9.06. The molecule has 29 heavy (non-hydrogen) atoms. The van der Waals surface area contributed by atoms with Crippen LogP contribution in [0.25, 0.3) is 0 Å². The third kappa shape index (κ3) is 6.11. The molecule has 0 radical (unpaired) electrons. The molecule has 2 amide bonds. The van der Waals surface area contributed by atoms with Gasteiger partial charge in [0, 0.05) is 17.6 Å². The molecule has 1 aromatic carbocycles. The molecular formula is C15H17N5O7S2. The molecule has 2 aromatic rings. The van der Waals surface area contributed by atoms with Crippen molar-refractivity contribution in [1.29, 1.82) is 0 Å². The summed E-state index contributed by atoms with van der Waals surface area (Å²) in [6, 6.07) is 3.49. The Bertz CT molecular complexity index is 1160. The van der Waals surface area contributed by atoms with E-state index in [1.54, 1.807) is 17.7 Å². The van der Waals surface area contributed by atoms with Gasteiger partial charge in [-0.05, 0) is 31.2 Å². The van der Waals surface area contributed by atoms with Crippen LogP contribution in [0.3, 0.4) is 0 Å². The summed E-state index contributed by atoms with van der Waals surface area (Å²) in [7, 11) is -7.29. The van der Waals surface area contributed by atoms with E-state index in [2.05, 4.69) is 24.7 Å². The smallest absolute Gasteiger partial charge is 0.339 e. The molecule has 14 heteroatoms. The van der Waals surface area contributed by atoms with E-state index in [0.29, 0.717) is 5.69 Å². The lowest BCUT2D eigenvalue weighted by atomic mass is 10.2. The molecule has 0 unspecified atom stereocenters. The summed E-state index contributed by atoms with van der Waals surface area (Å²) in [5, 5.41) is 2.15. The second-order valence-electron chi connectivity index (χ2n) is 5.66. The number of nitrogens with one attached hydrogen (secondary N) is 3. The van der Waals surface area contributed by atoms with Crippen LogP contribution in [0.5, 0.6) is 0 Å². The van der Waals surface area contributed by atoms with Gasteiger partial charge < -0.3 is 4.74 Å². The number of aryl methyl sites for hydroxylation is 1. The van der Waals surface area contributed by atoms with Crippen molar-refractivity contribution in [3.8, 4) is 0 Å². The number of benzene rings is 1. The first-order chi connectivity index (χ1) is 13.4. The Labute approximate surface area is 166 Å². The van der Waals surface area contributed by atoms with Crippen LogP contribution in [0.1, 0.15) is 16.1 Å². The minimum Gasteiger partial charge on any atom is -0.465 e. The van der Waals surface area contributed by atoms with Crippen molar-refractivity contribution in [3.05, 3.63) is 41.7 Å². The van der Waals surface area contributed by atoms with Crippen molar-refractivity contribution in [2.45, 2.75) is 11.8 Å². The average molecular weight is 443 g/mol. The van der Waals surface area contributed by atoms with Crippen LogP contribution < -0.4 is 14.8 Å². The van der Waals surface area contributed by atoms with E-state index in [9.17, 15) is 26.4 Å². The molecule has 0 fully saturated rings. The number of anilines is 2. The number of aromatic nitrogens is 2. The lowest BCUT2D eigenvalue weighted by molar-refractivity contribution is 0.0596. The predicted octanol–water partition coefficient (Wildman–Crippen LogP) is 0.454. The summed E-state index contributed by atoms with van der Waals surface area (Å²) in [6.45, 7) is 1.64. The zero-order chi connectivity index (χ0) is 21.8. The molecular weight excluding hydrogens is 426 g/mol. The second kappa shape index (κ2) is 8.40. The Morgan fingerprint density at radius 1 is 1.10 bits per heavy atom. The zero-order valence-electron chi connectivity index (χ0n) is 15.5. The molecule has 0 spiro atoms. The minimum atomic E-state index is -4.61. The first-order valence-electron chi connectivity index (χ1n) is 7.75. The number of amides is 2. The fourth-order valence-electron chi connectivity index (χ4n) is 2.11. The topological polar surface area (TPSA) is 174 Å². The average Bonchev–Trinajstić information content (AvgIpc) is 2.59. The maximum absolute atomic E-state index is 12.7. The van der Waals surface area contributed by atoms with E-state index in [4.69, 9.17) is 0 Å². The Hall–Kier alpha value is -3.26. The summed E-state index contributed by atoms with van der Waals surface area (Å²) >= 11 is 0. The minimum absolute atomic E-state index is 0.136. The Kier molecular flexibility index (Phi) is 6.38. The highest BCUT2D eigenvalue weighted by molar-refractivity contribution is 7.92. The van der Waals surface area contributed by atoms with E-state index in [-0.39, 0.29) is 11.6 Å². The first-order valence-corrected chi connectivity index (χ1v) is 11.1. The van der Waals surface area contributed by atoms with E-state index in [1.165, 1.54) is 12.3 Å². The van der Waals surface area contributed by atoms with Crippen molar-refractivity contribution in [1.82, 2.24) is 14.7 Å². The van der Waals surface area contributed by atoms with Crippen molar-refractivity contribution >= 4 is 43.7 Å². The number of ether oxygens (including phenoxy) is 1. The number of nitrogens with zero attached hydrogens (tertiary/aromatic N) is 2. The molecule has 0 bridgehead atoms. The van der Waals surface area contributed by atoms with Gasteiger partial charge >= 0.3 is 12.0 Å². The zero-order valence-corrected chi connectivity index (χ0v) is 17.1. The number of carbonyl (C=O) groups excluding carboxylic acids is 2. The Morgan fingerprint density at radius 3 is 2.38 bits per heavy atom. The molecule has 0 aliphatic rings. The third-order valence-electron chi connectivity index (χ3n) is 3.23. The summed E-state index contributed by atoms with van der Waals surface area (Å²) in [5.41, 5.74) is -0.00713. The van der Waals surface area contributed by atoms with E-state index >= 15 is 0 Å². The largest absolute Gasteiger partial charge is 0.465 e. The number of rotatable bonds is 6. The van der Waals surface area contributed by atoms with Crippen LogP contribution in [-0.4, -0.2) is 52.2 Å². The summed E-state index contributed by atoms with van der Waals surface area (Å²) in [6.07, 6.45) is 2.23. The summed E-state index contributed by atoms with van der Waals surface area (Å²) < 4.78 is 56.4. The van der Waals surface area contributed by atoms with Gasteiger partial charge in [0.1, 0.15) is 4.90 Å². The standard InChI is InChI=1S/C15H17N5O7S2/c1-9-6-7-16-14(17-9)18-15(22)20-29(25,26)12-8-10(19-28(3,23)24)4-5-11(12)13(21)27-2/h4-8,19H,1-3H3,(H2,16,17,18,20,22). The molecule has 1 heterocycles. The highest BCUT2D eigenvalue weighted by atomic mass is 32.2. The quantitative estimate of drug-likeness (QED) is 0.536. The van der Waals surface area contributed by atoms with E-state index < -0.39 is 42.5 Å². The Balaban J connectivity index is 2.38. The van der Waals surface area contributed by atoms with Crippen molar-refractivity contribution < 1.29 is 31.2 Å². The maximum Gasteiger partial charge on any atom is 0.339 e. The van der Waals surface area contributed by atoms with Crippen molar-refractivity contribution in [2.24, 2.45) is 0 Å². The molecule has 2 rings (SSSR count). The van der Waals surface area contributed by atoms with Crippen molar-refractivity contribution in [3.63, 3.8) is 0 Å². The number of hydrogen-bond donors (Lipinski definition) is 3. The molecule has 12 nitrogen and oxygen atoms in total. The molecule has 0 saturated heterocycles. The van der Waals surface area contributed by atoms with Gasteiger partial charge in [-0.1, -0.05) is 0 Å². The van der Waals surface area contributed by atoms with Gasteiger partial charge in [0.25, 0.3) is 10.0 Å². The third-order valence-corrected chi connectivity index (χ3v) is 5.20. The van der Waals surface area contributed by atoms with Gasteiger partial charge in [0.05, 0.1) is 18.9 Å². The monoisotopic (exact) mass is 443 g/mol. The SMILES string of the molecule is COC(=O)c1ccc(NS(C)(=O)=O)cc1S(=O)(=O)NC(=O)Nc1nccc(C)n1. The first kappa shape index (κ1) is 22.0. The predicted molar refractivity (Wildman–Crippen MR) is 102 cm³/mol. The van der Waals surface area contributed by atoms with Gasteiger partial charge in [0.15, 0.2) is 0 Å².